The molecule has 0 aromatic heterocycles. The summed E-state index contributed by atoms with van der Waals surface area (Å²) in [5, 5.41) is 3.82. The first-order valence-corrected chi connectivity index (χ1v) is 8.70. The molecule has 0 bridgehead atoms. The Bertz CT molecular complexity index is 417. The minimum absolute atomic E-state index is 0.0775. The van der Waals surface area contributed by atoms with E-state index in [1.807, 2.05) is 0 Å². The Morgan fingerprint density at radius 1 is 1.24 bits per heavy atom. The van der Waals surface area contributed by atoms with Crippen molar-refractivity contribution in [1.29, 1.82) is 0 Å². The average Bonchev–Trinajstić information content (AvgIpc) is 2.53. The van der Waals surface area contributed by atoms with Crippen LogP contribution in [0.1, 0.15) is 58.9 Å². The second-order valence-electron chi connectivity index (χ2n) is 6.66. The van der Waals surface area contributed by atoms with Crippen molar-refractivity contribution in [3.63, 3.8) is 0 Å². The maximum absolute atomic E-state index is 3.82. The van der Waals surface area contributed by atoms with E-state index in [4.69, 9.17) is 0 Å². The third-order valence-electron chi connectivity index (χ3n) is 5.14. The molecule has 2 rings (SSSR count). The van der Waals surface area contributed by atoms with Gasteiger partial charge in [-0.2, -0.15) is 0 Å². The molecular formula is C19H32N2. The van der Waals surface area contributed by atoms with Crippen molar-refractivity contribution < 1.29 is 0 Å². The summed E-state index contributed by atoms with van der Waals surface area (Å²) in [7, 11) is 0. The number of nitrogens with zero attached hydrogens (tertiary/aromatic N) is 1. The van der Waals surface area contributed by atoms with Gasteiger partial charge in [-0.15, -0.1) is 0 Å². The second-order valence-corrected chi connectivity index (χ2v) is 6.66. The van der Waals surface area contributed by atoms with E-state index in [1.165, 1.54) is 31.2 Å². The molecule has 3 atom stereocenters. The molecule has 3 unspecified atom stereocenters. The molecule has 1 aliphatic rings. The zero-order chi connectivity index (χ0) is 15.3. The molecule has 1 aliphatic heterocycles. The summed E-state index contributed by atoms with van der Waals surface area (Å²) in [6, 6.07) is 12.3. The quantitative estimate of drug-likeness (QED) is 0.845. The van der Waals surface area contributed by atoms with Gasteiger partial charge in [0.1, 0.15) is 0 Å². The summed E-state index contributed by atoms with van der Waals surface area (Å²) in [6.45, 7) is 11.6. The van der Waals surface area contributed by atoms with Crippen LogP contribution in [0.2, 0.25) is 0 Å². The van der Waals surface area contributed by atoms with Gasteiger partial charge in [-0.05, 0) is 31.7 Å². The van der Waals surface area contributed by atoms with Gasteiger partial charge in [-0.3, -0.25) is 4.90 Å². The fraction of sp³-hybridized carbons (Fsp3) is 0.684. The van der Waals surface area contributed by atoms with Gasteiger partial charge in [0, 0.05) is 25.2 Å². The van der Waals surface area contributed by atoms with Crippen LogP contribution in [0, 0.1) is 0 Å². The highest BCUT2D eigenvalue weighted by Gasteiger charge is 2.38. The molecule has 0 saturated carbocycles. The fourth-order valence-corrected chi connectivity index (χ4v) is 3.75. The first-order chi connectivity index (χ1) is 10.1. The summed E-state index contributed by atoms with van der Waals surface area (Å²) in [5.74, 6) is 0. The molecule has 1 heterocycles. The number of benzene rings is 1. The molecule has 2 heteroatoms. The number of nitrogens with one attached hydrogen (secondary N) is 1. The van der Waals surface area contributed by atoms with Gasteiger partial charge >= 0.3 is 0 Å². The van der Waals surface area contributed by atoms with Crippen LogP contribution in [-0.4, -0.2) is 30.1 Å². The molecule has 0 spiro atoms. The maximum atomic E-state index is 3.82. The van der Waals surface area contributed by atoms with E-state index >= 15 is 0 Å². The Kier molecular flexibility index (Phi) is 5.83. The van der Waals surface area contributed by atoms with Gasteiger partial charge in [-0.1, -0.05) is 57.5 Å². The Labute approximate surface area is 130 Å². The van der Waals surface area contributed by atoms with Crippen molar-refractivity contribution in [2.24, 2.45) is 0 Å². The lowest BCUT2D eigenvalue weighted by Crippen LogP contribution is -2.63. The van der Waals surface area contributed by atoms with Crippen molar-refractivity contribution >= 4 is 0 Å². The van der Waals surface area contributed by atoms with Crippen molar-refractivity contribution in [2.45, 2.75) is 71.0 Å². The molecule has 1 saturated heterocycles. The Balaban J connectivity index is 2.21. The molecule has 1 N–H and O–H groups in total. The summed E-state index contributed by atoms with van der Waals surface area (Å²) in [5.41, 5.74) is 1.49. The van der Waals surface area contributed by atoms with E-state index in [1.54, 1.807) is 0 Å². The normalized spacial score (nSPS) is 28.5. The fourth-order valence-electron chi connectivity index (χ4n) is 3.75. The van der Waals surface area contributed by atoms with Gasteiger partial charge in [0.2, 0.25) is 0 Å². The van der Waals surface area contributed by atoms with E-state index in [2.05, 4.69) is 68.2 Å². The number of piperazine rings is 1. The van der Waals surface area contributed by atoms with Crippen LogP contribution in [0.3, 0.4) is 0 Å². The van der Waals surface area contributed by atoms with Crippen LogP contribution in [0.15, 0.2) is 30.3 Å². The van der Waals surface area contributed by atoms with Crippen molar-refractivity contribution in [3.05, 3.63) is 35.9 Å². The standard InChI is InChI=1S/C19H32N2/c1-5-11-17(6-2)21-15-19(4,20-14-18(21)7-3)16-12-9-8-10-13-16/h8-10,12-13,17-18,20H,5-7,11,14-15H2,1-4H3. The lowest BCUT2D eigenvalue weighted by molar-refractivity contribution is 0.0385. The Morgan fingerprint density at radius 2 is 1.95 bits per heavy atom. The average molecular weight is 288 g/mol. The van der Waals surface area contributed by atoms with Gasteiger partial charge in [0.05, 0.1) is 5.54 Å². The molecular weight excluding hydrogens is 256 g/mol. The highest BCUT2D eigenvalue weighted by molar-refractivity contribution is 5.25. The molecule has 21 heavy (non-hydrogen) atoms. The van der Waals surface area contributed by atoms with Crippen molar-refractivity contribution in [3.8, 4) is 0 Å². The van der Waals surface area contributed by atoms with Gasteiger partial charge < -0.3 is 5.32 Å². The van der Waals surface area contributed by atoms with E-state index in [-0.39, 0.29) is 5.54 Å². The van der Waals surface area contributed by atoms with Crippen LogP contribution in [-0.2, 0) is 5.54 Å². The lowest BCUT2D eigenvalue weighted by Gasteiger charge is -2.49. The number of rotatable bonds is 6. The first kappa shape index (κ1) is 16.5. The van der Waals surface area contributed by atoms with Crippen molar-refractivity contribution in [1.82, 2.24) is 10.2 Å². The molecule has 1 aromatic rings. The molecule has 0 amide bonds. The molecule has 1 aromatic carbocycles. The van der Waals surface area contributed by atoms with Gasteiger partial charge in [0.15, 0.2) is 0 Å². The number of hydrogen-bond donors (Lipinski definition) is 1. The topological polar surface area (TPSA) is 15.3 Å². The second kappa shape index (κ2) is 7.42. The summed E-state index contributed by atoms with van der Waals surface area (Å²) in [6.07, 6.45) is 5.09. The summed E-state index contributed by atoms with van der Waals surface area (Å²) >= 11 is 0. The van der Waals surface area contributed by atoms with Crippen molar-refractivity contribution in [2.75, 3.05) is 13.1 Å². The van der Waals surface area contributed by atoms with E-state index in [0.29, 0.717) is 6.04 Å². The number of hydrogen-bond acceptors (Lipinski definition) is 2. The van der Waals surface area contributed by atoms with E-state index in [0.717, 1.165) is 19.1 Å². The van der Waals surface area contributed by atoms with Crippen LogP contribution in [0.4, 0.5) is 0 Å². The highest BCUT2D eigenvalue weighted by atomic mass is 15.3. The molecule has 1 fully saturated rings. The van der Waals surface area contributed by atoms with Crippen LogP contribution in [0.25, 0.3) is 0 Å². The highest BCUT2D eigenvalue weighted by Crippen LogP contribution is 2.30. The summed E-state index contributed by atoms with van der Waals surface area (Å²) < 4.78 is 0. The minimum atomic E-state index is 0.0775. The monoisotopic (exact) mass is 288 g/mol. The smallest absolute Gasteiger partial charge is 0.0535 e. The van der Waals surface area contributed by atoms with Gasteiger partial charge in [-0.25, -0.2) is 0 Å². The Morgan fingerprint density at radius 3 is 2.52 bits per heavy atom. The first-order valence-electron chi connectivity index (χ1n) is 8.70. The predicted molar refractivity (Wildman–Crippen MR) is 91.6 cm³/mol. The molecule has 0 radical (unpaired) electrons. The third kappa shape index (κ3) is 3.67. The van der Waals surface area contributed by atoms with E-state index < -0.39 is 0 Å². The zero-order valence-electron chi connectivity index (χ0n) is 14.2. The minimum Gasteiger partial charge on any atom is -0.305 e. The van der Waals surface area contributed by atoms with Gasteiger partial charge in [0.25, 0.3) is 0 Å². The molecule has 0 aliphatic carbocycles. The SMILES string of the molecule is CCCC(CC)N1CC(C)(c2ccccc2)NCC1CC. The van der Waals surface area contributed by atoms with Crippen LogP contribution >= 0.6 is 0 Å². The Hall–Kier alpha value is -0.860. The van der Waals surface area contributed by atoms with E-state index in [9.17, 15) is 0 Å². The summed E-state index contributed by atoms with van der Waals surface area (Å²) in [4.78, 5) is 2.78. The molecule has 118 valence electrons. The van der Waals surface area contributed by atoms with Crippen LogP contribution in [0.5, 0.6) is 0 Å². The largest absolute Gasteiger partial charge is 0.305 e. The van der Waals surface area contributed by atoms with Crippen LogP contribution < -0.4 is 5.32 Å². The third-order valence-corrected chi connectivity index (χ3v) is 5.14. The zero-order valence-corrected chi connectivity index (χ0v) is 14.2. The molecule has 2 nitrogen and oxygen atoms in total. The maximum Gasteiger partial charge on any atom is 0.0535 e. The lowest BCUT2D eigenvalue weighted by atomic mass is 9.86. The predicted octanol–water partition coefficient (Wildman–Crippen LogP) is 4.16.